The number of anilines is 1. The molecule has 0 spiro atoms. The summed E-state index contributed by atoms with van der Waals surface area (Å²) in [7, 11) is 0. The van der Waals surface area contributed by atoms with Gasteiger partial charge in [0.25, 0.3) is 5.56 Å². The molecule has 1 N–H and O–H groups in total. The molecule has 0 fully saturated rings. The largest absolute Gasteiger partial charge is 0.573 e. The average molecular weight is 537 g/mol. The van der Waals surface area contributed by atoms with Gasteiger partial charge in [-0.15, -0.1) is 13.2 Å². The van der Waals surface area contributed by atoms with Crippen LogP contribution in [0.1, 0.15) is 48.0 Å². The van der Waals surface area contributed by atoms with Gasteiger partial charge < -0.3 is 19.4 Å². The maximum atomic E-state index is 12.9. The molecule has 3 aromatic rings. The normalized spacial score (nSPS) is 11.8. The summed E-state index contributed by atoms with van der Waals surface area (Å²) in [5.74, 6) is -0.779. The third-order valence-electron chi connectivity index (χ3n) is 5.27. The molecule has 0 saturated carbocycles. The van der Waals surface area contributed by atoms with E-state index >= 15 is 0 Å². The number of rotatable bonds is 8. The summed E-state index contributed by atoms with van der Waals surface area (Å²) < 4.78 is 48.5. The molecule has 10 heteroatoms. The first-order valence-electron chi connectivity index (χ1n) is 11.5. The Hall–Kier alpha value is -3.46. The fraction of sp³-hybridized carbons (Fsp3) is 0.333. The van der Waals surface area contributed by atoms with Crippen molar-refractivity contribution in [3.8, 4) is 5.75 Å². The van der Waals surface area contributed by atoms with E-state index < -0.39 is 17.9 Å². The molecule has 6 nitrogen and oxygen atoms in total. The second-order valence-electron chi connectivity index (χ2n) is 9.46. The predicted octanol–water partition coefficient (Wildman–Crippen LogP) is 6.52. The molecule has 0 bridgehead atoms. The molecular formula is C27H28ClF3N2O4. The van der Waals surface area contributed by atoms with Crippen LogP contribution in [0.4, 0.5) is 18.9 Å². The highest BCUT2D eigenvalue weighted by molar-refractivity contribution is 6.31. The number of esters is 1. The molecular weight excluding hydrogens is 509 g/mol. The Morgan fingerprint density at radius 2 is 1.73 bits per heavy atom. The van der Waals surface area contributed by atoms with Crippen LogP contribution in [0.3, 0.4) is 0 Å². The van der Waals surface area contributed by atoms with Gasteiger partial charge in [-0.2, -0.15) is 0 Å². The topological polar surface area (TPSA) is 69.6 Å². The third kappa shape index (κ3) is 8.28. The predicted molar refractivity (Wildman–Crippen MR) is 136 cm³/mol. The molecule has 0 amide bonds. The van der Waals surface area contributed by atoms with E-state index in [4.69, 9.17) is 16.3 Å². The van der Waals surface area contributed by atoms with Crippen LogP contribution >= 0.6 is 11.6 Å². The summed E-state index contributed by atoms with van der Waals surface area (Å²) in [6.45, 7) is 7.45. The quantitative estimate of drug-likeness (QED) is 0.332. The Kier molecular flexibility index (Phi) is 8.58. The van der Waals surface area contributed by atoms with E-state index in [-0.39, 0.29) is 17.9 Å². The van der Waals surface area contributed by atoms with E-state index in [1.807, 2.05) is 0 Å². The smallest absolute Gasteiger partial charge is 0.456 e. The zero-order valence-electron chi connectivity index (χ0n) is 20.9. The molecule has 1 heterocycles. The van der Waals surface area contributed by atoms with Gasteiger partial charge in [0.2, 0.25) is 0 Å². The molecule has 0 aliphatic rings. The van der Waals surface area contributed by atoms with Gasteiger partial charge in [-0.25, -0.2) is 4.79 Å². The number of aryl methyl sites for hydroxylation is 2. The van der Waals surface area contributed by atoms with Crippen LogP contribution in [0.2, 0.25) is 5.02 Å². The summed E-state index contributed by atoms with van der Waals surface area (Å²) in [6.07, 6.45) is -4.32. The van der Waals surface area contributed by atoms with Crippen LogP contribution in [0, 0.1) is 6.92 Å². The molecule has 0 unspecified atom stereocenters. The van der Waals surface area contributed by atoms with E-state index in [0.717, 1.165) is 5.56 Å². The molecule has 2 aromatic carbocycles. The van der Waals surface area contributed by atoms with Crippen LogP contribution in [-0.2, 0) is 24.2 Å². The van der Waals surface area contributed by atoms with Gasteiger partial charge in [0, 0.05) is 23.9 Å². The van der Waals surface area contributed by atoms with Crippen molar-refractivity contribution in [1.29, 1.82) is 0 Å². The second-order valence-corrected chi connectivity index (χ2v) is 9.86. The van der Waals surface area contributed by atoms with Gasteiger partial charge in [0.05, 0.1) is 22.8 Å². The first kappa shape index (κ1) is 28.1. The summed E-state index contributed by atoms with van der Waals surface area (Å²) in [6, 6.07) is 13.9. The highest BCUT2D eigenvalue weighted by atomic mass is 35.5. The lowest BCUT2D eigenvalue weighted by atomic mass is 10.1. The van der Waals surface area contributed by atoms with Crippen molar-refractivity contribution in [2.24, 2.45) is 0 Å². The maximum Gasteiger partial charge on any atom is 0.573 e. The Bertz CT molecular complexity index is 1310. The Balaban J connectivity index is 1.75. The standard InChI is InChI=1S/C27H28ClF3N2O4/c1-17-14-22(28)23(16-32-20-6-5-7-21(15-20)36-27(29,30)31)33(24(17)34)13-12-18-8-10-19(11-9-18)25(35)37-26(2,3)4/h5-11,14-15,32H,12-13,16H2,1-4H3. The molecule has 0 atom stereocenters. The van der Waals surface area contributed by atoms with Crippen LogP contribution in [0.15, 0.2) is 59.4 Å². The van der Waals surface area contributed by atoms with Crippen molar-refractivity contribution in [3.05, 3.63) is 92.4 Å². The van der Waals surface area contributed by atoms with Gasteiger partial charge >= 0.3 is 12.3 Å². The Morgan fingerprint density at radius 1 is 1.05 bits per heavy atom. The first-order chi connectivity index (χ1) is 17.2. The van der Waals surface area contributed by atoms with Gasteiger partial charge in [-0.1, -0.05) is 29.8 Å². The lowest BCUT2D eigenvalue weighted by molar-refractivity contribution is -0.274. The Morgan fingerprint density at radius 3 is 2.35 bits per heavy atom. The molecule has 198 valence electrons. The number of aromatic nitrogens is 1. The van der Waals surface area contributed by atoms with Crippen LogP contribution in [0.5, 0.6) is 5.75 Å². The molecule has 1 aromatic heterocycles. The first-order valence-corrected chi connectivity index (χ1v) is 11.9. The number of alkyl halides is 3. The molecule has 37 heavy (non-hydrogen) atoms. The Labute approximate surface area is 218 Å². The van der Waals surface area contributed by atoms with Crippen molar-refractivity contribution in [2.45, 2.75) is 59.2 Å². The van der Waals surface area contributed by atoms with Gasteiger partial charge in [0.15, 0.2) is 0 Å². The van der Waals surface area contributed by atoms with Crippen LogP contribution < -0.4 is 15.6 Å². The van der Waals surface area contributed by atoms with E-state index in [0.29, 0.717) is 40.5 Å². The molecule has 0 radical (unpaired) electrons. The monoisotopic (exact) mass is 536 g/mol. The van der Waals surface area contributed by atoms with E-state index in [2.05, 4.69) is 10.1 Å². The van der Waals surface area contributed by atoms with Crippen molar-refractivity contribution in [3.63, 3.8) is 0 Å². The van der Waals surface area contributed by atoms with Crippen LogP contribution in [-0.4, -0.2) is 22.5 Å². The number of nitrogens with one attached hydrogen (secondary N) is 1. The summed E-state index contributed by atoms with van der Waals surface area (Å²) in [4.78, 5) is 25.2. The lowest BCUT2D eigenvalue weighted by Crippen LogP contribution is -2.28. The van der Waals surface area contributed by atoms with E-state index in [1.54, 1.807) is 68.7 Å². The fourth-order valence-corrected chi connectivity index (χ4v) is 3.92. The maximum absolute atomic E-state index is 12.9. The molecule has 0 saturated heterocycles. The fourth-order valence-electron chi connectivity index (χ4n) is 3.59. The van der Waals surface area contributed by atoms with E-state index in [1.165, 1.54) is 18.2 Å². The number of carbonyl (C=O) groups is 1. The highest BCUT2D eigenvalue weighted by Crippen LogP contribution is 2.26. The number of benzene rings is 2. The molecule has 0 aliphatic heterocycles. The van der Waals surface area contributed by atoms with Crippen molar-refractivity contribution >= 4 is 23.3 Å². The summed E-state index contributed by atoms with van der Waals surface area (Å²) in [5.41, 5.74) is 1.83. The third-order valence-corrected chi connectivity index (χ3v) is 5.59. The van der Waals surface area contributed by atoms with Crippen LogP contribution in [0.25, 0.3) is 0 Å². The average Bonchev–Trinajstić information content (AvgIpc) is 2.78. The minimum Gasteiger partial charge on any atom is -0.456 e. The van der Waals surface area contributed by atoms with Gasteiger partial charge in [0.1, 0.15) is 11.4 Å². The number of hydrogen-bond acceptors (Lipinski definition) is 5. The number of carbonyl (C=O) groups excluding carboxylic acids is 1. The highest BCUT2D eigenvalue weighted by Gasteiger charge is 2.31. The summed E-state index contributed by atoms with van der Waals surface area (Å²) >= 11 is 6.46. The minimum absolute atomic E-state index is 0.0986. The second kappa shape index (κ2) is 11.3. The van der Waals surface area contributed by atoms with Crippen molar-refractivity contribution in [2.75, 3.05) is 5.32 Å². The van der Waals surface area contributed by atoms with E-state index in [9.17, 15) is 22.8 Å². The van der Waals surface area contributed by atoms with Gasteiger partial charge in [-0.05, 0) is 70.0 Å². The zero-order valence-corrected chi connectivity index (χ0v) is 21.7. The number of pyridine rings is 1. The minimum atomic E-state index is -4.80. The number of halogens is 4. The van der Waals surface area contributed by atoms with Gasteiger partial charge in [-0.3, -0.25) is 4.79 Å². The SMILES string of the molecule is Cc1cc(Cl)c(CNc2cccc(OC(F)(F)F)c2)n(CCc2ccc(C(=O)OC(C)(C)C)cc2)c1=O. The zero-order chi connectivity index (χ0) is 27.4. The molecule has 3 rings (SSSR count). The lowest BCUT2D eigenvalue weighted by Gasteiger charge is -2.19. The summed E-state index contributed by atoms with van der Waals surface area (Å²) in [5, 5.41) is 3.36. The number of hydrogen-bond donors (Lipinski definition) is 1. The number of nitrogens with zero attached hydrogens (tertiary/aromatic N) is 1. The van der Waals surface area contributed by atoms with Crippen molar-refractivity contribution < 1.29 is 27.4 Å². The number of ether oxygens (including phenoxy) is 2. The van der Waals surface area contributed by atoms with Crippen molar-refractivity contribution in [1.82, 2.24) is 4.57 Å². The molecule has 0 aliphatic carbocycles.